The van der Waals surface area contributed by atoms with Crippen LogP contribution in [0.1, 0.15) is 24.1 Å². The predicted octanol–water partition coefficient (Wildman–Crippen LogP) is 4.46. The second kappa shape index (κ2) is 9.65. The van der Waals surface area contributed by atoms with Gasteiger partial charge >= 0.3 is 0 Å². The molecule has 0 aliphatic carbocycles. The van der Waals surface area contributed by atoms with E-state index in [0.29, 0.717) is 41.5 Å². The van der Waals surface area contributed by atoms with Crippen molar-refractivity contribution in [2.24, 2.45) is 0 Å². The van der Waals surface area contributed by atoms with Gasteiger partial charge in [0.15, 0.2) is 5.13 Å². The van der Waals surface area contributed by atoms with Gasteiger partial charge in [0.25, 0.3) is 10.0 Å². The lowest BCUT2D eigenvalue weighted by atomic mass is 10.2. The van der Waals surface area contributed by atoms with E-state index < -0.39 is 16.1 Å². The van der Waals surface area contributed by atoms with Gasteiger partial charge in [-0.05, 0) is 55.0 Å². The maximum atomic E-state index is 14.0. The van der Waals surface area contributed by atoms with Crippen LogP contribution >= 0.6 is 22.7 Å². The number of aromatic nitrogens is 2. The normalized spacial score (nSPS) is 16.6. The Morgan fingerprint density at radius 3 is 2.80 bits per heavy atom. The van der Waals surface area contributed by atoms with Gasteiger partial charge in [-0.2, -0.15) is 4.31 Å². The lowest BCUT2D eigenvalue weighted by Crippen LogP contribution is -2.47. The number of nitrogens with zero attached hydrogens (tertiary/aromatic N) is 4. The number of thiazole rings is 1. The van der Waals surface area contributed by atoms with Crippen LogP contribution < -0.4 is 9.64 Å². The topological polar surface area (TPSA) is 92.7 Å². The number of pyridine rings is 1. The van der Waals surface area contributed by atoms with E-state index >= 15 is 0 Å². The zero-order valence-corrected chi connectivity index (χ0v) is 21.7. The third-order valence-corrected chi connectivity index (χ3v) is 10.5. The van der Waals surface area contributed by atoms with E-state index in [1.807, 2.05) is 37.3 Å². The molecule has 1 aliphatic heterocycles. The number of amides is 1. The van der Waals surface area contributed by atoms with Crippen LogP contribution in [0.2, 0.25) is 0 Å². The molecule has 1 aromatic carbocycles. The van der Waals surface area contributed by atoms with E-state index in [9.17, 15) is 13.2 Å². The molecule has 0 spiro atoms. The smallest absolute Gasteiger partial charge is 0.253 e. The van der Waals surface area contributed by atoms with Gasteiger partial charge in [-0.3, -0.25) is 14.7 Å². The quantitative estimate of drug-likeness (QED) is 0.352. The Hall–Kier alpha value is -2.86. The molecule has 11 heteroatoms. The molecule has 1 saturated heterocycles. The summed E-state index contributed by atoms with van der Waals surface area (Å²) in [5.41, 5.74) is 2.40. The third kappa shape index (κ3) is 4.44. The van der Waals surface area contributed by atoms with Crippen LogP contribution in [0.25, 0.3) is 10.2 Å². The van der Waals surface area contributed by atoms with Gasteiger partial charge in [0.05, 0.1) is 24.0 Å². The number of anilines is 1. The molecule has 0 bridgehead atoms. The second-order valence-electron chi connectivity index (χ2n) is 8.21. The van der Waals surface area contributed by atoms with Gasteiger partial charge in [0.1, 0.15) is 21.5 Å². The van der Waals surface area contributed by atoms with Gasteiger partial charge in [-0.25, -0.2) is 13.4 Å². The Morgan fingerprint density at radius 2 is 2.09 bits per heavy atom. The molecule has 4 heterocycles. The summed E-state index contributed by atoms with van der Waals surface area (Å²) in [6, 6.07) is 11.8. The van der Waals surface area contributed by atoms with Crippen molar-refractivity contribution < 1.29 is 17.9 Å². The maximum absolute atomic E-state index is 14.0. The lowest BCUT2D eigenvalue weighted by Gasteiger charge is -2.28. The number of sulfonamides is 1. The number of methoxy groups -OCH3 is 1. The summed E-state index contributed by atoms with van der Waals surface area (Å²) in [5.74, 6) is 0.324. The fourth-order valence-corrected chi connectivity index (χ4v) is 8.08. The van der Waals surface area contributed by atoms with Crippen molar-refractivity contribution in [3.8, 4) is 5.75 Å². The zero-order chi connectivity index (χ0) is 24.6. The highest BCUT2D eigenvalue weighted by atomic mass is 32.2. The molecule has 1 amide bonds. The Labute approximate surface area is 211 Å². The van der Waals surface area contributed by atoms with E-state index in [2.05, 4.69) is 4.98 Å². The largest absolute Gasteiger partial charge is 0.494 e. The summed E-state index contributed by atoms with van der Waals surface area (Å²) < 4.78 is 34.6. The lowest BCUT2D eigenvalue weighted by molar-refractivity contribution is -0.121. The molecule has 4 aromatic rings. The van der Waals surface area contributed by atoms with Crippen LogP contribution in [-0.2, 0) is 21.4 Å². The number of hydrogen-bond donors (Lipinski definition) is 0. The Bertz CT molecular complexity index is 1450. The van der Waals surface area contributed by atoms with Crippen molar-refractivity contribution >= 4 is 54.0 Å². The minimum absolute atomic E-state index is 0.185. The van der Waals surface area contributed by atoms with Gasteiger partial charge < -0.3 is 4.74 Å². The van der Waals surface area contributed by atoms with Crippen LogP contribution in [-0.4, -0.2) is 48.3 Å². The molecule has 0 radical (unpaired) electrons. The molecule has 5 rings (SSSR count). The first kappa shape index (κ1) is 23.9. The maximum Gasteiger partial charge on any atom is 0.253 e. The number of carbonyl (C=O) groups excluding carboxylic acids is 1. The number of carbonyl (C=O) groups is 1. The first-order chi connectivity index (χ1) is 16.9. The van der Waals surface area contributed by atoms with Gasteiger partial charge in [0.2, 0.25) is 5.91 Å². The zero-order valence-electron chi connectivity index (χ0n) is 19.2. The summed E-state index contributed by atoms with van der Waals surface area (Å²) in [5, 5.41) is 2.22. The van der Waals surface area contributed by atoms with Crippen LogP contribution in [0, 0.1) is 6.92 Å². The van der Waals surface area contributed by atoms with Crippen LogP contribution in [0.5, 0.6) is 5.75 Å². The predicted molar refractivity (Wildman–Crippen MR) is 138 cm³/mol. The molecule has 182 valence electrons. The van der Waals surface area contributed by atoms with E-state index in [4.69, 9.17) is 9.72 Å². The van der Waals surface area contributed by atoms with Crippen LogP contribution in [0.3, 0.4) is 0 Å². The standard InChI is InChI=1S/C24H24N4O4S3/c1-16-10-11-19(32-2)21-22(16)34-24(26-21)27(15-17-7-3-4-12-25-17)23(29)18-8-5-13-28(18)35(30,31)20-9-6-14-33-20/h3-4,6-7,9-12,14,18H,5,8,13,15H2,1-2H3/t18-/m0/s1. The molecule has 1 fully saturated rings. The second-order valence-corrected chi connectivity index (χ2v) is 12.3. The van der Waals surface area contributed by atoms with Crippen LogP contribution in [0.4, 0.5) is 5.13 Å². The van der Waals surface area contributed by atoms with Crippen molar-refractivity contribution in [1.29, 1.82) is 0 Å². The molecular formula is C24H24N4O4S3. The number of benzene rings is 1. The summed E-state index contributed by atoms with van der Waals surface area (Å²) in [4.78, 5) is 24.8. The SMILES string of the molecule is COc1ccc(C)c2sc(N(Cc3ccccn3)C(=O)[C@@H]3CCCN3S(=O)(=O)c3cccs3)nc12. The average molecular weight is 529 g/mol. The van der Waals surface area contributed by atoms with Crippen molar-refractivity contribution in [2.45, 2.75) is 36.6 Å². The van der Waals surface area contributed by atoms with Crippen molar-refractivity contribution in [2.75, 3.05) is 18.6 Å². The molecule has 8 nitrogen and oxygen atoms in total. The molecule has 0 N–H and O–H groups in total. The first-order valence-electron chi connectivity index (χ1n) is 11.1. The highest BCUT2D eigenvalue weighted by Gasteiger charge is 2.42. The summed E-state index contributed by atoms with van der Waals surface area (Å²) >= 11 is 2.55. The van der Waals surface area contributed by atoms with E-state index in [1.165, 1.54) is 15.6 Å². The third-order valence-electron chi connectivity index (χ3n) is 6.00. The van der Waals surface area contributed by atoms with Gasteiger partial charge in [-0.15, -0.1) is 11.3 Å². The monoisotopic (exact) mass is 528 g/mol. The van der Waals surface area contributed by atoms with Gasteiger partial charge in [-0.1, -0.05) is 29.5 Å². The number of rotatable bonds is 7. The summed E-state index contributed by atoms with van der Waals surface area (Å²) in [6.07, 6.45) is 2.74. The molecule has 0 saturated carbocycles. The van der Waals surface area contributed by atoms with E-state index in [1.54, 1.807) is 35.7 Å². The number of thiophene rings is 1. The van der Waals surface area contributed by atoms with Gasteiger partial charge in [0, 0.05) is 12.7 Å². The van der Waals surface area contributed by atoms with Crippen LogP contribution in [0.15, 0.2) is 58.3 Å². The fourth-order valence-electron chi connectivity index (χ4n) is 4.25. The molecule has 1 atom stereocenters. The number of aryl methyl sites for hydroxylation is 1. The van der Waals surface area contributed by atoms with Crippen molar-refractivity contribution in [3.05, 3.63) is 65.3 Å². The molecule has 0 unspecified atom stereocenters. The number of ether oxygens (including phenoxy) is 1. The first-order valence-corrected chi connectivity index (χ1v) is 14.2. The molecule has 3 aromatic heterocycles. The molecule has 1 aliphatic rings. The minimum Gasteiger partial charge on any atom is -0.494 e. The molecule has 35 heavy (non-hydrogen) atoms. The number of fused-ring (bicyclic) bond motifs is 1. The average Bonchev–Trinajstić information content (AvgIpc) is 3.64. The molecular weight excluding hydrogens is 504 g/mol. The Balaban J connectivity index is 1.57. The van der Waals surface area contributed by atoms with E-state index in [0.717, 1.165) is 21.6 Å². The number of hydrogen-bond acceptors (Lipinski definition) is 8. The van der Waals surface area contributed by atoms with Crippen molar-refractivity contribution in [1.82, 2.24) is 14.3 Å². The Kier molecular flexibility index (Phi) is 6.58. The highest BCUT2D eigenvalue weighted by Crippen LogP contribution is 2.38. The Morgan fingerprint density at radius 1 is 1.23 bits per heavy atom. The summed E-state index contributed by atoms with van der Waals surface area (Å²) in [6.45, 7) is 2.48. The van der Waals surface area contributed by atoms with E-state index in [-0.39, 0.29) is 16.7 Å². The summed E-state index contributed by atoms with van der Waals surface area (Å²) in [7, 11) is -2.18. The van der Waals surface area contributed by atoms with Crippen molar-refractivity contribution in [3.63, 3.8) is 0 Å². The highest BCUT2D eigenvalue weighted by molar-refractivity contribution is 7.91. The minimum atomic E-state index is -3.77. The fraction of sp³-hybridized carbons (Fsp3) is 0.292.